The van der Waals surface area contributed by atoms with Gasteiger partial charge in [-0.3, -0.25) is 9.97 Å². The summed E-state index contributed by atoms with van der Waals surface area (Å²) in [6.45, 7) is 4.36. The van der Waals surface area contributed by atoms with Crippen LogP contribution >= 0.6 is 0 Å². The van der Waals surface area contributed by atoms with E-state index in [0.29, 0.717) is 13.1 Å². The number of nitrogens with zero attached hydrogens (tertiary/aromatic N) is 4. The minimum Gasteiger partial charge on any atom is -0.475 e. The maximum atomic E-state index is 12.3. The van der Waals surface area contributed by atoms with Crippen LogP contribution in [0.1, 0.15) is 24.6 Å². The van der Waals surface area contributed by atoms with Gasteiger partial charge < -0.3 is 15.1 Å². The number of rotatable bonds is 4. The van der Waals surface area contributed by atoms with Gasteiger partial charge in [-0.15, -0.1) is 0 Å². The molecule has 17 heteroatoms. The molecule has 0 amide bonds. The minimum atomic E-state index is -5.08. The van der Waals surface area contributed by atoms with Crippen LogP contribution in [0.15, 0.2) is 42.9 Å². The molecule has 2 aromatic heterocycles. The van der Waals surface area contributed by atoms with Crippen LogP contribution in [0.25, 0.3) is 0 Å². The average molecular weight is 587 g/mol. The van der Waals surface area contributed by atoms with E-state index in [1.54, 1.807) is 17.4 Å². The van der Waals surface area contributed by atoms with Crippen molar-refractivity contribution >= 4 is 27.6 Å². The summed E-state index contributed by atoms with van der Waals surface area (Å²) in [6.07, 6.45) is -3.89. The summed E-state index contributed by atoms with van der Waals surface area (Å²) in [6, 6.07) is 8.04. The highest BCUT2D eigenvalue weighted by Gasteiger charge is 2.50. The van der Waals surface area contributed by atoms with Crippen molar-refractivity contribution in [1.29, 1.82) is 0 Å². The third-order valence-corrected chi connectivity index (χ3v) is 7.61. The summed E-state index contributed by atoms with van der Waals surface area (Å²) in [7, 11) is -3.16. The molecule has 0 aromatic carbocycles. The number of hydrogen-bond donors (Lipinski definition) is 2. The van der Waals surface area contributed by atoms with Gasteiger partial charge in [-0.05, 0) is 37.1 Å². The molecule has 0 saturated carbocycles. The molecule has 0 bridgehead atoms. The number of sulfonamides is 1. The number of hydrogen-bond acceptors (Lipinski definition) is 7. The van der Waals surface area contributed by atoms with E-state index in [1.165, 1.54) is 0 Å². The van der Waals surface area contributed by atoms with Gasteiger partial charge in [-0.25, -0.2) is 22.3 Å². The predicted molar refractivity (Wildman–Crippen MR) is 124 cm³/mol. The Morgan fingerprint density at radius 1 is 1.00 bits per heavy atom. The number of carboxylic acid groups (broad SMARTS) is 2. The van der Waals surface area contributed by atoms with Crippen molar-refractivity contribution in [3.05, 3.63) is 54.1 Å². The Hall–Kier alpha value is -3.47. The molecular formula is C22H24F6N4O6S. The number of fused-ring (bicyclic) bond motifs is 2. The van der Waals surface area contributed by atoms with E-state index in [0.717, 1.165) is 36.5 Å². The van der Waals surface area contributed by atoms with Gasteiger partial charge in [0.25, 0.3) is 0 Å². The molecule has 4 rings (SSSR count). The maximum Gasteiger partial charge on any atom is 0.490 e. The van der Waals surface area contributed by atoms with E-state index < -0.39 is 34.3 Å². The molecule has 0 aliphatic carbocycles. The molecule has 1 saturated heterocycles. The molecule has 0 radical (unpaired) electrons. The van der Waals surface area contributed by atoms with Crippen LogP contribution in [0.3, 0.4) is 0 Å². The Balaban J connectivity index is 0.000000317. The van der Waals surface area contributed by atoms with Gasteiger partial charge in [0, 0.05) is 50.2 Å². The molecule has 10 nitrogen and oxygen atoms in total. The van der Waals surface area contributed by atoms with E-state index in [4.69, 9.17) is 19.8 Å². The van der Waals surface area contributed by atoms with Crippen molar-refractivity contribution in [3.63, 3.8) is 0 Å². The SMILES string of the molecule is CCS(=O)(=O)N1CCC2(CN(Cc3cccnc3)c3cccnc32)C1.O=C(O)C(F)(F)F.O=C(O)C(F)(F)F. The Kier molecular flexibility index (Phi) is 9.89. The first-order valence-corrected chi connectivity index (χ1v) is 12.7. The van der Waals surface area contributed by atoms with E-state index in [-0.39, 0.29) is 11.2 Å². The van der Waals surface area contributed by atoms with Crippen LogP contribution in [-0.4, -0.2) is 82.6 Å². The quantitative estimate of drug-likeness (QED) is 0.517. The lowest BCUT2D eigenvalue weighted by Gasteiger charge is -2.25. The molecule has 216 valence electrons. The molecule has 2 aromatic rings. The van der Waals surface area contributed by atoms with Crippen LogP contribution in [0.5, 0.6) is 0 Å². The Labute approximate surface area is 218 Å². The first kappa shape index (κ1) is 31.7. The van der Waals surface area contributed by atoms with Crippen LogP contribution < -0.4 is 4.90 Å². The number of carboxylic acids is 2. The second kappa shape index (κ2) is 12.1. The molecular weight excluding hydrogens is 562 g/mol. The van der Waals surface area contributed by atoms with Crippen molar-refractivity contribution in [1.82, 2.24) is 14.3 Å². The largest absolute Gasteiger partial charge is 0.490 e. The van der Waals surface area contributed by atoms with Crippen molar-refractivity contribution in [2.45, 2.75) is 37.7 Å². The zero-order valence-corrected chi connectivity index (χ0v) is 21.1. The second-order valence-corrected chi connectivity index (χ2v) is 10.7. The van der Waals surface area contributed by atoms with E-state index in [1.807, 2.05) is 24.5 Å². The highest BCUT2D eigenvalue weighted by molar-refractivity contribution is 7.89. The lowest BCUT2D eigenvalue weighted by Crippen LogP contribution is -2.38. The van der Waals surface area contributed by atoms with Crippen molar-refractivity contribution in [2.75, 3.05) is 30.3 Å². The third kappa shape index (κ3) is 8.26. The van der Waals surface area contributed by atoms with Gasteiger partial charge in [0.15, 0.2) is 0 Å². The fourth-order valence-electron chi connectivity index (χ4n) is 4.02. The maximum absolute atomic E-state index is 12.3. The Morgan fingerprint density at radius 3 is 2.05 bits per heavy atom. The van der Waals surface area contributed by atoms with Crippen LogP contribution in [0.4, 0.5) is 32.0 Å². The number of pyridine rings is 2. The molecule has 1 spiro atoms. The zero-order valence-electron chi connectivity index (χ0n) is 20.3. The van der Waals surface area contributed by atoms with Gasteiger partial charge in [0.05, 0.1) is 17.1 Å². The number of anilines is 1. The van der Waals surface area contributed by atoms with Crippen molar-refractivity contribution < 1.29 is 54.6 Å². The fraction of sp³-hybridized carbons (Fsp3) is 0.455. The van der Waals surface area contributed by atoms with Crippen molar-refractivity contribution in [2.24, 2.45) is 0 Å². The number of alkyl halides is 6. The van der Waals surface area contributed by atoms with Crippen molar-refractivity contribution in [3.8, 4) is 0 Å². The van der Waals surface area contributed by atoms with Gasteiger partial charge in [-0.2, -0.15) is 26.3 Å². The lowest BCUT2D eigenvalue weighted by atomic mass is 9.85. The smallest absolute Gasteiger partial charge is 0.475 e. The summed E-state index contributed by atoms with van der Waals surface area (Å²) in [5.41, 5.74) is 3.08. The molecule has 1 fully saturated rings. The first-order valence-electron chi connectivity index (χ1n) is 11.1. The predicted octanol–water partition coefficient (Wildman–Crippen LogP) is 3.06. The Bertz CT molecular complexity index is 1240. The van der Waals surface area contributed by atoms with Crippen LogP contribution in [-0.2, 0) is 31.6 Å². The number of halogens is 6. The average Bonchev–Trinajstić information content (AvgIpc) is 3.42. The highest BCUT2D eigenvalue weighted by Crippen LogP contribution is 2.46. The van der Waals surface area contributed by atoms with E-state index in [9.17, 15) is 34.8 Å². The summed E-state index contributed by atoms with van der Waals surface area (Å²) in [5, 5.41) is 14.2. The summed E-state index contributed by atoms with van der Waals surface area (Å²) < 4.78 is 89.7. The number of carbonyl (C=O) groups is 2. The Morgan fingerprint density at radius 2 is 1.56 bits per heavy atom. The lowest BCUT2D eigenvalue weighted by molar-refractivity contribution is -0.193. The van der Waals surface area contributed by atoms with Gasteiger partial charge >= 0.3 is 24.3 Å². The third-order valence-electron chi connectivity index (χ3n) is 5.78. The normalized spacial score (nSPS) is 19.0. The second-order valence-electron chi connectivity index (χ2n) is 8.46. The monoisotopic (exact) mass is 586 g/mol. The molecule has 39 heavy (non-hydrogen) atoms. The van der Waals surface area contributed by atoms with E-state index in [2.05, 4.69) is 27.0 Å². The zero-order chi connectivity index (χ0) is 29.6. The first-order chi connectivity index (χ1) is 17.9. The molecule has 4 heterocycles. The summed E-state index contributed by atoms with van der Waals surface area (Å²) in [5.74, 6) is -5.36. The van der Waals surface area contributed by atoms with Gasteiger partial charge in [0.1, 0.15) is 0 Å². The summed E-state index contributed by atoms with van der Waals surface area (Å²) in [4.78, 5) is 28.9. The topological polar surface area (TPSA) is 141 Å². The molecule has 2 N–H and O–H groups in total. The van der Waals surface area contributed by atoms with Crippen LogP contribution in [0, 0.1) is 0 Å². The standard InChI is InChI=1S/C18H22N4O2S.2C2HF3O2/c1-2-25(23,24)22-10-7-18(14-22)13-21(12-15-5-3-8-19-11-15)16-6-4-9-20-17(16)18;2*3-2(4,5)1(6)7/h3-6,8-9,11H,2,7,10,12-14H2,1H3;2*(H,6,7). The van der Waals surface area contributed by atoms with E-state index >= 15 is 0 Å². The van der Waals surface area contributed by atoms with Gasteiger partial charge in [-0.1, -0.05) is 6.07 Å². The highest BCUT2D eigenvalue weighted by atomic mass is 32.2. The fourth-order valence-corrected chi connectivity index (χ4v) is 5.19. The number of aliphatic carboxylic acids is 2. The number of aromatic nitrogens is 2. The van der Waals surface area contributed by atoms with Gasteiger partial charge in [0.2, 0.25) is 10.0 Å². The molecule has 1 atom stereocenters. The summed E-state index contributed by atoms with van der Waals surface area (Å²) >= 11 is 0. The van der Waals surface area contributed by atoms with Crippen LogP contribution in [0.2, 0.25) is 0 Å². The molecule has 2 aliphatic heterocycles. The molecule has 2 aliphatic rings. The molecule has 1 unspecified atom stereocenters. The minimum absolute atomic E-state index is 0.150.